The maximum atomic E-state index is 11.7. The number of aromatic nitrogens is 2. The van der Waals surface area contributed by atoms with Gasteiger partial charge in [-0.1, -0.05) is 17.3 Å². The number of nitrogens with zero attached hydrogens (tertiary/aromatic N) is 2. The molecule has 0 spiro atoms. The Labute approximate surface area is 123 Å². The fraction of sp³-hybridized carbons (Fsp3) is 0.400. The fourth-order valence-electron chi connectivity index (χ4n) is 1.79. The normalized spacial score (nSPS) is 12.0. The first-order chi connectivity index (χ1) is 10.2. The van der Waals surface area contributed by atoms with Gasteiger partial charge in [0.05, 0.1) is 13.2 Å². The summed E-state index contributed by atoms with van der Waals surface area (Å²) in [5, 5.41) is 3.90. The van der Waals surface area contributed by atoms with E-state index < -0.39 is 5.92 Å². The molecule has 2 aromatic rings. The highest BCUT2D eigenvalue weighted by Crippen LogP contribution is 2.23. The summed E-state index contributed by atoms with van der Waals surface area (Å²) in [7, 11) is 0. The fourth-order valence-corrected chi connectivity index (χ4v) is 1.79. The van der Waals surface area contributed by atoms with Crippen LogP contribution in [-0.2, 0) is 9.53 Å². The summed E-state index contributed by atoms with van der Waals surface area (Å²) in [5.41, 5.74) is 0.770. The van der Waals surface area contributed by atoms with E-state index in [1.54, 1.807) is 13.8 Å². The quantitative estimate of drug-likeness (QED) is 0.761. The topological polar surface area (TPSA) is 74.5 Å². The average Bonchev–Trinajstić information content (AvgIpc) is 2.97. The first kappa shape index (κ1) is 15.0. The van der Waals surface area contributed by atoms with Crippen molar-refractivity contribution in [1.29, 1.82) is 0 Å². The number of carbonyl (C=O) groups excluding carboxylic acids is 1. The van der Waals surface area contributed by atoms with Gasteiger partial charge in [0.15, 0.2) is 0 Å². The molecule has 1 aromatic carbocycles. The summed E-state index contributed by atoms with van der Waals surface area (Å²) in [5.74, 6) is 0.435. The third kappa shape index (κ3) is 3.59. The molecule has 2 rings (SSSR count). The Hall–Kier alpha value is -2.37. The highest BCUT2D eigenvalue weighted by Gasteiger charge is 2.23. The number of ether oxygens (including phenoxy) is 2. The lowest BCUT2D eigenvalue weighted by molar-refractivity contribution is -0.145. The Balaban J connectivity index is 2.19. The molecule has 1 unspecified atom stereocenters. The number of benzene rings is 1. The van der Waals surface area contributed by atoms with Crippen LogP contribution in [0.1, 0.15) is 32.6 Å². The van der Waals surface area contributed by atoms with Crippen LogP contribution in [0, 0.1) is 0 Å². The van der Waals surface area contributed by atoms with Crippen molar-refractivity contribution >= 4 is 5.97 Å². The molecular weight excluding hydrogens is 272 g/mol. The molecule has 0 N–H and O–H groups in total. The molecule has 0 radical (unpaired) electrons. The predicted molar refractivity (Wildman–Crippen MR) is 76.0 cm³/mol. The molecular formula is C15H18N2O4. The minimum Gasteiger partial charge on any atom is -0.494 e. The van der Waals surface area contributed by atoms with E-state index in [4.69, 9.17) is 14.0 Å². The van der Waals surface area contributed by atoms with Crippen LogP contribution in [0.5, 0.6) is 5.75 Å². The van der Waals surface area contributed by atoms with Gasteiger partial charge in [-0.05, 0) is 32.9 Å². The third-order valence-corrected chi connectivity index (χ3v) is 2.86. The highest BCUT2D eigenvalue weighted by atomic mass is 16.5. The second-order valence-electron chi connectivity index (χ2n) is 4.39. The molecule has 6 heteroatoms. The molecule has 0 saturated heterocycles. The van der Waals surface area contributed by atoms with E-state index >= 15 is 0 Å². The average molecular weight is 290 g/mol. The van der Waals surface area contributed by atoms with Crippen molar-refractivity contribution < 1.29 is 18.8 Å². The molecule has 0 aliphatic carbocycles. The lowest BCUT2D eigenvalue weighted by atomic mass is 10.2. The number of carbonyl (C=O) groups is 1. The zero-order chi connectivity index (χ0) is 15.2. The van der Waals surface area contributed by atoms with Gasteiger partial charge in [0.2, 0.25) is 11.7 Å². The van der Waals surface area contributed by atoms with Crippen molar-refractivity contribution in [2.24, 2.45) is 0 Å². The van der Waals surface area contributed by atoms with Crippen LogP contribution in [0.4, 0.5) is 0 Å². The molecule has 0 fully saturated rings. The maximum absolute atomic E-state index is 11.7. The summed E-state index contributed by atoms with van der Waals surface area (Å²) in [6, 6.07) is 7.39. The molecule has 1 atom stereocenters. The van der Waals surface area contributed by atoms with Gasteiger partial charge >= 0.3 is 5.97 Å². The van der Waals surface area contributed by atoms with Gasteiger partial charge in [-0.2, -0.15) is 4.98 Å². The van der Waals surface area contributed by atoms with Crippen LogP contribution in [-0.4, -0.2) is 29.3 Å². The van der Waals surface area contributed by atoms with E-state index in [-0.39, 0.29) is 11.9 Å². The minimum atomic E-state index is -0.582. The van der Waals surface area contributed by atoms with E-state index in [1.807, 2.05) is 31.2 Å². The molecule has 0 saturated carbocycles. The standard InChI is InChI=1S/C15H18N2O4/c1-4-19-12-8-6-7-11(9-12)13-16-14(21-17-13)10(3)15(18)20-5-2/h6-10H,4-5H2,1-3H3. The van der Waals surface area contributed by atoms with Crippen molar-refractivity contribution in [2.75, 3.05) is 13.2 Å². The molecule has 1 aromatic heterocycles. The Bertz CT molecular complexity index is 609. The lowest BCUT2D eigenvalue weighted by Crippen LogP contribution is -2.13. The number of hydrogen-bond acceptors (Lipinski definition) is 6. The molecule has 0 aliphatic heterocycles. The van der Waals surface area contributed by atoms with Crippen molar-refractivity contribution in [3.63, 3.8) is 0 Å². The number of rotatable bonds is 6. The second kappa shape index (κ2) is 6.88. The smallest absolute Gasteiger partial charge is 0.318 e. The van der Waals surface area contributed by atoms with E-state index in [9.17, 15) is 4.79 Å². The van der Waals surface area contributed by atoms with Crippen LogP contribution in [0.2, 0.25) is 0 Å². The summed E-state index contributed by atoms with van der Waals surface area (Å²) < 4.78 is 15.5. The van der Waals surface area contributed by atoms with Gasteiger partial charge in [0.25, 0.3) is 0 Å². The van der Waals surface area contributed by atoms with Crippen LogP contribution in [0.3, 0.4) is 0 Å². The van der Waals surface area contributed by atoms with Gasteiger partial charge in [-0.25, -0.2) is 0 Å². The van der Waals surface area contributed by atoms with Gasteiger partial charge < -0.3 is 14.0 Å². The van der Waals surface area contributed by atoms with E-state index in [0.717, 1.165) is 11.3 Å². The molecule has 0 amide bonds. The summed E-state index contributed by atoms with van der Waals surface area (Å²) in [6.45, 7) is 6.25. The molecule has 21 heavy (non-hydrogen) atoms. The summed E-state index contributed by atoms with van der Waals surface area (Å²) in [4.78, 5) is 15.9. The Morgan fingerprint density at radius 3 is 2.86 bits per heavy atom. The third-order valence-electron chi connectivity index (χ3n) is 2.86. The molecule has 0 bridgehead atoms. The summed E-state index contributed by atoms with van der Waals surface area (Å²) in [6.07, 6.45) is 0. The van der Waals surface area contributed by atoms with Crippen molar-refractivity contribution in [1.82, 2.24) is 10.1 Å². The van der Waals surface area contributed by atoms with Crippen LogP contribution >= 0.6 is 0 Å². The monoisotopic (exact) mass is 290 g/mol. The first-order valence-corrected chi connectivity index (χ1v) is 6.89. The first-order valence-electron chi connectivity index (χ1n) is 6.89. The Morgan fingerprint density at radius 2 is 2.14 bits per heavy atom. The van der Waals surface area contributed by atoms with E-state index in [1.165, 1.54) is 0 Å². The zero-order valence-corrected chi connectivity index (χ0v) is 12.3. The Morgan fingerprint density at radius 1 is 1.33 bits per heavy atom. The zero-order valence-electron chi connectivity index (χ0n) is 12.3. The minimum absolute atomic E-state index is 0.241. The van der Waals surface area contributed by atoms with Crippen molar-refractivity contribution in [3.05, 3.63) is 30.2 Å². The molecule has 112 valence electrons. The van der Waals surface area contributed by atoms with E-state index in [2.05, 4.69) is 10.1 Å². The number of esters is 1. The Kier molecular flexibility index (Phi) is 4.92. The second-order valence-corrected chi connectivity index (χ2v) is 4.39. The van der Waals surface area contributed by atoms with E-state index in [0.29, 0.717) is 19.0 Å². The summed E-state index contributed by atoms with van der Waals surface area (Å²) >= 11 is 0. The van der Waals surface area contributed by atoms with Crippen molar-refractivity contribution in [2.45, 2.75) is 26.7 Å². The van der Waals surface area contributed by atoms with Crippen molar-refractivity contribution in [3.8, 4) is 17.1 Å². The maximum Gasteiger partial charge on any atom is 0.318 e. The predicted octanol–water partition coefficient (Wildman–Crippen LogP) is 2.80. The largest absolute Gasteiger partial charge is 0.494 e. The van der Waals surface area contributed by atoms with Crippen LogP contribution in [0.25, 0.3) is 11.4 Å². The molecule has 0 aliphatic rings. The van der Waals surface area contributed by atoms with Gasteiger partial charge in [0, 0.05) is 5.56 Å². The van der Waals surface area contributed by atoms with Crippen LogP contribution < -0.4 is 4.74 Å². The molecule has 1 heterocycles. The SMILES string of the molecule is CCOC(=O)C(C)c1nc(-c2cccc(OCC)c2)no1. The lowest BCUT2D eigenvalue weighted by Gasteiger charge is -2.05. The highest BCUT2D eigenvalue weighted by molar-refractivity contribution is 5.76. The van der Waals surface area contributed by atoms with Gasteiger partial charge in [-0.3, -0.25) is 4.79 Å². The molecule has 6 nitrogen and oxygen atoms in total. The van der Waals surface area contributed by atoms with Gasteiger partial charge in [-0.15, -0.1) is 0 Å². The van der Waals surface area contributed by atoms with Crippen LogP contribution in [0.15, 0.2) is 28.8 Å². The number of hydrogen-bond donors (Lipinski definition) is 0. The van der Waals surface area contributed by atoms with Gasteiger partial charge in [0.1, 0.15) is 11.7 Å².